The normalized spacial score (nSPS) is 10.1. The average molecular weight is 216 g/mol. The molecular formula is C12H12N2O2. The second-order valence-electron chi connectivity index (χ2n) is 3.52. The van der Waals surface area contributed by atoms with E-state index in [1.54, 1.807) is 24.3 Å². The molecule has 0 atom stereocenters. The molecule has 0 fully saturated rings. The van der Waals surface area contributed by atoms with Crippen molar-refractivity contribution in [3.05, 3.63) is 47.9 Å². The van der Waals surface area contributed by atoms with Crippen molar-refractivity contribution in [1.29, 1.82) is 0 Å². The Bertz CT molecular complexity index is 504. The van der Waals surface area contributed by atoms with Crippen molar-refractivity contribution in [2.45, 2.75) is 6.92 Å². The van der Waals surface area contributed by atoms with Gasteiger partial charge in [0.1, 0.15) is 0 Å². The second-order valence-corrected chi connectivity index (χ2v) is 3.52. The molecule has 1 aromatic carbocycles. The van der Waals surface area contributed by atoms with Crippen LogP contribution in [-0.2, 0) is 0 Å². The Labute approximate surface area is 93.1 Å². The van der Waals surface area contributed by atoms with Crippen molar-refractivity contribution in [1.82, 2.24) is 0 Å². The first-order valence-electron chi connectivity index (χ1n) is 4.88. The second kappa shape index (κ2) is 4.10. The molecule has 0 aliphatic rings. The van der Waals surface area contributed by atoms with Crippen LogP contribution in [0.3, 0.4) is 0 Å². The Kier molecular flexibility index (Phi) is 2.64. The lowest BCUT2D eigenvalue weighted by Gasteiger charge is -2.07. The predicted molar refractivity (Wildman–Crippen MR) is 62.3 cm³/mol. The van der Waals surface area contributed by atoms with Crippen molar-refractivity contribution in [2.75, 3.05) is 11.1 Å². The van der Waals surface area contributed by atoms with E-state index >= 15 is 0 Å². The number of nitrogens with one attached hydrogen (secondary N) is 1. The standard InChI is InChI=1S/C12H12N2O2/c1-8-4-5-10(9(13)7-8)14-12(15)11-3-2-6-16-11/h2-7H,13H2,1H3,(H,14,15). The number of aryl methyl sites for hydroxylation is 1. The van der Waals surface area contributed by atoms with Gasteiger partial charge in [0, 0.05) is 0 Å². The largest absolute Gasteiger partial charge is 0.459 e. The number of hydrogen-bond donors (Lipinski definition) is 2. The molecule has 2 rings (SSSR count). The van der Waals surface area contributed by atoms with Crippen molar-refractivity contribution >= 4 is 17.3 Å². The molecule has 0 unspecified atom stereocenters. The zero-order chi connectivity index (χ0) is 11.5. The van der Waals surface area contributed by atoms with Gasteiger partial charge in [-0.15, -0.1) is 0 Å². The van der Waals surface area contributed by atoms with Gasteiger partial charge in [0.2, 0.25) is 0 Å². The molecular weight excluding hydrogens is 204 g/mol. The molecule has 0 aliphatic carbocycles. The Hall–Kier alpha value is -2.23. The highest BCUT2D eigenvalue weighted by Crippen LogP contribution is 2.20. The molecule has 16 heavy (non-hydrogen) atoms. The molecule has 4 nitrogen and oxygen atoms in total. The summed E-state index contributed by atoms with van der Waals surface area (Å²) in [5.41, 5.74) is 7.96. The van der Waals surface area contributed by atoms with Crippen molar-refractivity contribution in [2.24, 2.45) is 0 Å². The number of anilines is 2. The van der Waals surface area contributed by atoms with Gasteiger partial charge < -0.3 is 15.5 Å². The fourth-order valence-electron chi connectivity index (χ4n) is 1.39. The zero-order valence-electron chi connectivity index (χ0n) is 8.86. The van der Waals surface area contributed by atoms with Gasteiger partial charge in [0.05, 0.1) is 17.6 Å². The molecule has 0 radical (unpaired) electrons. The predicted octanol–water partition coefficient (Wildman–Crippen LogP) is 2.42. The van der Waals surface area contributed by atoms with E-state index in [0.29, 0.717) is 11.4 Å². The lowest BCUT2D eigenvalue weighted by atomic mass is 10.2. The third-order valence-electron chi connectivity index (χ3n) is 2.20. The van der Waals surface area contributed by atoms with E-state index < -0.39 is 0 Å². The highest BCUT2D eigenvalue weighted by molar-refractivity contribution is 6.03. The molecule has 1 heterocycles. The van der Waals surface area contributed by atoms with Crippen molar-refractivity contribution in [3.63, 3.8) is 0 Å². The van der Waals surface area contributed by atoms with Crippen LogP contribution in [0, 0.1) is 6.92 Å². The van der Waals surface area contributed by atoms with Gasteiger partial charge in [0.25, 0.3) is 5.91 Å². The Morgan fingerprint density at radius 2 is 2.19 bits per heavy atom. The first kappa shape index (κ1) is 10.3. The SMILES string of the molecule is Cc1ccc(NC(=O)c2ccco2)c(N)c1. The molecule has 0 saturated carbocycles. The van der Waals surface area contributed by atoms with Crippen LogP contribution >= 0.6 is 0 Å². The molecule has 0 spiro atoms. The summed E-state index contributed by atoms with van der Waals surface area (Å²) in [5.74, 6) is -0.0412. The molecule has 3 N–H and O–H groups in total. The number of carbonyl (C=O) groups excluding carboxylic acids is 1. The highest BCUT2D eigenvalue weighted by Gasteiger charge is 2.09. The van der Waals surface area contributed by atoms with Crippen LogP contribution in [0.25, 0.3) is 0 Å². The maximum absolute atomic E-state index is 11.7. The van der Waals surface area contributed by atoms with Crippen LogP contribution in [-0.4, -0.2) is 5.91 Å². The summed E-state index contributed by atoms with van der Waals surface area (Å²) >= 11 is 0. The summed E-state index contributed by atoms with van der Waals surface area (Å²) in [6, 6.07) is 8.71. The van der Waals surface area contributed by atoms with Gasteiger partial charge in [-0.25, -0.2) is 0 Å². The highest BCUT2D eigenvalue weighted by atomic mass is 16.3. The summed E-state index contributed by atoms with van der Waals surface area (Å²) in [6.07, 6.45) is 1.45. The third kappa shape index (κ3) is 2.06. The first-order valence-corrected chi connectivity index (χ1v) is 4.88. The Balaban J connectivity index is 2.18. The summed E-state index contributed by atoms with van der Waals surface area (Å²) in [4.78, 5) is 11.7. The van der Waals surface area contributed by atoms with E-state index in [1.165, 1.54) is 6.26 Å². The number of rotatable bonds is 2. The minimum absolute atomic E-state index is 0.264. The topological polar surface area (TPSA) is 68.3 Å². The van der Waals surface area contributed by atoms with Crippen LogP contribution in [0.4, 0.5) is 11.4 Å². The van der Waals surface area contributed by atoms with Gasteiger partial charge >= 0.3 is 0 Å². The molecule has 0 bridgehead atoms. The lowest BCUT2D eigenvalue weighted by Crippen LogP contribution is -2.12. The summed E-state index contributed by atoms with van der Waals surface area (Å²) < 4.78 is 4.98. The van der Waals surface area contributed by atoms with Crippen molar-refractivity contribution < 1.29 is 9.21 Å². The summed E-state index contributed by atoms with van der Waals surface area (Å²) in [6.45, 7) is 1.94. The van der Waals surface area contributed by atoms with E-state index in [9.17, 15) is 4.79 Å². The number of benzene rings is 1. The van der Waals surface area contributed by atoms with Gasteiger partial charge in [0.15, 0.2) is 5.76 Å². The van der Waals surface area contributed by atoms with Crippen molar-refractivity contribution in [3.8, 4) is 0 Å². The van der Waals surface area contributed by atoms with Gasteiger partial charge in [-0.05, 0) is 36.8 Å². The monoisotopic (exact) mass is 216 g/mol. The summed E-state index contributed by atoms with van der Waals surface area (Å²) in [7, 11) is 0. The smallest absolute Gasteiger partial charge is 0.291 e. The molecule has 1 aromatic heterocycles. The fourth-order valence-corrected chi connectivity index (χ4v) is 1.39. The average Bonchev–Trinajstić information content (AvgIpc) is 2.75. The number of hydrogen-bond acceptors (Lipinski definition) is 3. The van der Waals surface area contributed by atoms with Gasteiger partial charge in [-0.3, -0.25) is 4.79 Å². The van der Waals surface area contributed by atoms with Crippen LogP contribution in [0.1, 0.15) is 16.1 Å². The van der Waals surface area contributed by atoms with Crippen LogP contribution in [0.15, 0.2) is 41.0 Å². The molecule has 82 valence electrons. The number of nitrogens with two attached hydrogens (primary N) is 1. The molecule has 0 saturated heterocycles. The maximum Gasteiger partial charge on any atom is 0.291 e. The van der Waals surface area contributed by atoms with E-state index in [-0.39, 0.29) is 11.7 Å². The first-order chi connectivity index (χ1) is 7.66. The third-order valence-corrected chi connectivity index (χ3v) is 2.20. The molecule has 0 aliphatic heterocycles. The van der Waals surface area contributed by atoms with Crippen LogP contribution < -0.4 is 11.1 Å². The van der Waals surface area contributed by atoms with E-state index in [0.717, 1.165) is 5.56 Å². The fraction of sp³-hybridized carbons (Fsp3) is 0.0833. The summed E-state index contributed by atoms with van der Waals surface area (Å²) in [5, 5.41) is 2.68. The lowest BCUT2D eigenvalue weighted by molar-refractivity contribution is 0.0996. The van der Waals surface area contributed by atoms with Gasteiger partial charge in [-0.2, -0.15) is 0 Å². The Morgan fingerprint density at radius 3 is 2.81 bits per heavy atom. The molecule has 4 heteroatoms. The number of furan rings is 1. The molecule has 1 amide bonds. The van der Waals surface area contributed by atoms with E-state index in [4.69, 9.17) is 10.2 Å². The van der Waals surface area contributed by atoms with E-state index in [1.807, 2.05) is 13.0 Å². The van der Waals surface area contributed by atoms with Crippen LogP contribution in [0.2, 0.25) is 0 Å². The number of carbonyl (C=O) groups is 1. The van der Waals surface area contributed by atoms with Gasteiger partial charge in [-0.1, -0.05) is 6.07 Å². The maximum atomic E-state index is 11.7. The Morgan fingerprint density at radius 1 is 1.38 bits per heavy atom. The quantitative estimate of drug-likeness (QED) is 0.757. The van der Waals surface area contributed by atoms with Crippen LogP contribution in [0.5, 0.6) is 0 Å². The zero-order valence-corrected chi connectivity index (χ0v) is 8.86. The number of amides is 1. The molecule has 2 aromatic rings. The van der Waals surface area contributed by atoms with E-state index in [2.05, 4.69) is 5.32 Å². The minimum Gasteiger partial charge on any atom is -0.459 e. The minimum atomic E-state index is -0.305. The number of nitrogen functional groups attached to an aromatic ring is 1.